The molecule has 0 spiro atoms. The molecular formula is C16H19N7O4. The number of aliphatic hydroxyl groups excluding tert-OH is 3. The zero-order valence-corrected chi connectivity index (χ0v) is 14.7. The maximum Gasteiger partial charge on any atom is 0.184 e. The Hall–Kier alpha value is -2.73. The first-order chi connectivity index (χ1) is 12.9. The van der Waals surface area contributed by atoms with Crippen molar-refractivity contribution in [1.29, 1.82) is 0 Å². The Balaban J connectivity index is 1.91. The van der Waals surface area contributed by atoms with Crippen LogP contribution in [0.3, 0.4) is 0 Å². The smallest absolute Gasteiger partial charge is 0.184 e. The summed E-state index contributed by atoms with van der Waals surface area (Å²) in [5, 5.41) is 38.5. The van der Waals surface area contributed by atoms with Gasteiger partial charge in [0.05, 0.1) is 28.9 Å². The molecule has 5 N–H and O–H groups in total. The SMILES string of the molecule is Cc1nnc(-c2cn([C@@H]3O[C@@H](CO)[C@@H](O)[C@@H]3O)c3ncnc(N)c23)nc1C. The normalized spacial score (nSPS) is 25.4. The average Bonchev–Trinajstić information content (AvgIpc) is 3.17. The van der Waals surface area contributed by atoms with Crippen LogP contribution < -0.4 is 5.73 Å². The molecule has 4 rings (SSSR count). The number of ether oxygens (including phenoxy) is 1. The lowest BCUT2D eigenvalue weighted by Crippen LogP contribution is -2.33. The lowest BCUT2D eigenvalue weighted by atomic mass is 10.1. The summed E-state index contributed by atoms with van der Waals surface area (Å²) in [6, 6.07) is 0. The molecule has 11 nitrogen and oxygen atoms in total. The molecule has 0 saturated carbocycles. The summed E-state index contributed by atoms with van der Waals surface area (Å²) in [4.78, 5) is 12.7. The molecule has 0 aromatic carbocycles. The minimum atomic E-state index is -1.26. The monoisotopic (exact) mass is 373 g/mol. The Labute approximate surface area is 153 Å². The van der Waals surface area contributed by atoms with Crippen LogP contribution in [0.5, 0.6) is 0 Å². The van der Waals surface area contributed by atoms with Gasteiger partial charge in [-0.25, -0.2) is 15.0 Å². The van der Waals surface area contributed by atoms with Gasteiger partial charge in [-0.2, -0.15) is 5.10 Å². The molecule has 1 fully saturated rings. The molecule has 1 saturated heterocycles. The van der Waals surface area contributed by atoms with Crippen molar-refractivity contribution in [2.24, 2.45) is 0 Å². The van der Waals surface area contributed by atoms with Gasteiger partial charge in [0.1, 0.15) is 36.1 Å². The maximum atomic E-state index is 10.4. The minimum Gasteiger partial charge on any atom is -0.394 e. The number of fused-ring (bicyclic) bond motifs is 1. The molecule has 11 heteroatoms. The fraction of sp³-hybridized carbons (Fsp3) is 0.438. The van der Waals surface area contributed by atoms with E-state index in [-0.39, 0.29) is 5.82 Å². The van der Waals surface area contributed by atoms with Gasteiger partial charge in [-0.1, -0.05) is 0 Å². The van der Waals surface area contributed by atoms with Gasteiger partial charge in [-0.15, -0.1) is 5.10 Å². The molecule has 1 aliphatic heterocycles. The number of aromatic nitrogens is 6. The number of rotatable bonds is 3. The second-order valence-electron chi connectivity index (χ2n) is 6.44. The number of nitrogens with two attached hydrogens (primary N) is 1. The molecule has 0 amide bonds. The summed E-state index contributed by atoms with van der Waals surface area (Å²) in [5.74, 6) is 0.539. The van der Waals surface area contributed by atoms with Gasteiger partial charge in [0.25, 0.3) is 0 Å². The van der Waals surface area contributed by atoms with E-state index in [2.05, 4.69) is 25.1 Å². The van der Waals surface area contributed by atoms with Crippen LogP contribution in [-0.2, 0) is 4.74 Å². The maximum absolute atomic E-state index is 10.4. The molecule has 1 aliphatic rings. The van der Waals surface area contributed by atoms with Crippen LogP contribution in [0.4, 0.5) is 5.82 Å². The first-order valence-corrected chi connectivity index (χ1v) is 8.34. The highest BCUT2D eigenvalue weighted by Crippen LogP contribution is 2.37. The van der Waals surface area contributed by atoms with Crippen molar-refractivity contribution in [3.63, 3.8) is 0 Å². The zero-order valence-electron chi connectivity index (χ0n) is 14.7. The van der Waals surface area contributed by atoms with E-state index in [1.165, 1.54) is 10.9 Å². The van der Waals surface area contributed by atoms with E-state index < -0.39 is 31.1 Å². The van der Waals surface area contributed by atoms with E-state index >= 15 is 0 Å². The fourth-order valence-electron chi connectivity index (χ4n) is 3.15. The number of nitrogens with zero attached hydrogens (tertiary/aromatic N) is 6. The first kappa shape index (κ1) is 17.7. The predicted molar refractivity (Wildman–Crippen MR) is 93.2 cm³/mol. The number of aryl methyl sites for hydroxylation is 2. The Morgan fingerprint density at radius 3 is 2.59 bits per heavy atom. The molecule has 0 radical (unpaired) electrons. The van der Waals surface area contributed by atoms with Crippen LogP contribution in [0.15, 0.2) is 12.5 Å². The van der Waals surface area contributed by atoms with Crippen LogP contribution in [-0.4, -0.2) is 70.0 Å². The molecule has 4 heterocycles. The second kappa shape index (κ2) is 6.46. The predicted octanol–water partition coefficient (Wildman–Crippen LogP) is -0.906. The Morgan fingerprint density at radius 1 is 1.15 bits per heavy atom. The topological polar surface area (TPSA) is 165 Å². The van der Waals surface area contributed by atoms with E-state index in [4.69, 9.17) is 10.5 Å². The van der Waals surface area contributed by atoms with Crippen molar-refractivity contribution in [3.05, 3.63) is 23.9 Å². The summed E-state index contributed by atoms with van der Waals surface area (Å²) in [6.45, 7) is 3.19. The molecule has 3 aromatic heterocycles. The van der Waals surface area contributed by atoms with Crippen molar-refractivity contribution in [2.45, 2.75) is 38.4 Å². The third-order valence-corrected chi connectivity index (χ3v) is 4.76. The Bertz CT molecular complexity index is 1010. The molecular weight excluding hydrogens is 354 g/mol. The number of hydrogen-bond donors (Lipinski definition) is 4. The quantitative estimate of drug-likeness (QED) is 0.451. The molecule has 0 aliphatic carbocycles. The largest absolute Gasteiger partial charge is 0.394 e. The highest BCUT2D eigenvalue weighted by Gasteiger charge is 2.44. The average molecular weight is 373 g/mol. The van der Waals surface area contributed by atoms with Crippen molar-refractivity contribution in [2.75, 3.05) is 12.3 Å². The zero-order chi connectivity index (χ0) is 19.3. The highest BCUT2D eigenvalue weighted by molar-refractivity contribution is 5.99. The van der Waals surface area contributed by atoms with Crippen molar-refractivity contribution >= 4 is 16.9 Å². The molecule has 27 heavy (non-hydrogen) atoms. The number of anilines is 1. The molecule has 4 atom stereocenters. The van der Waals surface area contributed by atoms with Gasteiger partial charge in [-0.3, -0.25) is 0 Å². The highest BCUT2D eigenvalue weighted by atomic mass is 16.6. The van der Waals surface area contributed by atoms with Gasteiger partial charge >= 0.3 is 0 Å². The molecule has 142 valence electrons. The lowest BCUT2D eigenvalue weighted by molar-refractivity contribution is -0.0508. The Morgan fingerprint density at radius 2 is 1.93 bits per heavy atom. The standard InChI is InChI=1S/C16H19N7O4/c1-6-7(2)21-22-14(20-6)8-3-23(15-10(8)13(17)18-5-19-15)16-12(26)11(25)9(4-24)27-16/h3,5,9,11-12,16,24-26H,4H2,1-2H3,(H2,17,18,19)/t9-,11+,12-,16+/m0/s1. The van der Waals surface area contributed by atoms with Crippen molar-refractivity contribution in [3.8, 4) is 11.4 Å². The summed E-state index contributed by atoms with van der Waals surface area (Å²) in [7, 11) is 0. The van der Waals surface area contributed by atoms with Gasteiger partial charge in [0, 0.05) is 6.20 Å². The summed E-state index contributed by atoms with van der Waals surface area (Å²) in [6.07, 6.45) is -1.47. The molecule has 3 aromatic rings. The molecule has 0 bridgehead atoms. The summed E-state index contributed by atoms with van der Waals surface area (Å²) >= 11 is 0. The van der Waals surface area contributed by atoms with Crippen molar-refractivity contribution < 1.29 is 20.1 Å². The van der Waals surface area contributed by atoms with Gasteiger partial charge in [0.2, 0.25) is 0 Å². The van der Waals surface area contributed by atoms with E-state index in [1.807, 2.05) is 6.92 Å². The van der Waals surface area contributed by atoms with E-state index in [0.717, 1.165) is 0 Å². The molecule has 0 unspecified atom stereocenters. The van der Waals surface area contributed by atoms with Gasteiger partial charge in [-0.05, 0) is 13.8 Å². The second-order valence-corrected chi connectivity index (χ2v) is 6.44. The van der Waals surface area contributed by atoms with E-state index in [0.29, 0.717) is 33.8 Å². The lowest BCUT2D eigenvalue weighted by Gasteiger charge is -2.17. The minimum absolute atomic E-state index is 0.210. The third-order valence-electron chi connectivity index (χ3n) is 4.76. The fourth-order valence-corrected chi connectivity index (χ4v) is 3.15. The van der Waals surface area contributed by atoms with Crippen LogP contribution in [0.25, 0.3) is 22.4 Å². The van der Waals surface area contributed by atoms with Crippen molar-refractivity contribution in [1.82, 2.24) is 29.7 Å². The summed E-state index contributed by atoms with van der Waals surface area (Å²) in [5.41, 5.74) is 8.38. The number of nitrogen functional groups attached to an aromatic ring is 1. The van der Waals surface area contributed by atoms with Crippen LogP contribution in [0.1, 0.15) is 17.6 Å². The third kappa shape index (κ3) is 2.72. The van der Waals surface area contributed by atoms with Gasteiger partial charge in [0.15, 0.2) is 12.1 Å². The Kier molecular flexibility index (Phi) is 4.23. The number of aliphatic hydroxyl groups is 3. The van der Waals surface area contributed by atoms with Crippen LogP contribution >= 0.6 is 0 Å². The van der Waals surface area contributed by atoms with Crippen LogP contribution in [0, 0.1) is 13.8 Å². The van der Waals surface area contributed by atoms with Crippen LogP contribution in [0.2, 0.25) is 0 Å². The van der Waals surface area contributed by atoms with E-state index in [9.17, 15) is 15.3 Å². The first-order valence-electron chi connectivity index (χ1n) is 8.34. The summed E-state index contributed by atoms with van der Waals surface area (Å²) < 4.78 is 7.15. The number of hydrogen-bond acceptors (Lipinski definition) is 10. The van der Waals surface area contributed by atoms with E-state index in [1.54, 1.807) is 13.1 Å². The van der Waals surface area contributed by atoms with Gasteiger partial charge < -0.3 is 30.4 Å².